The number of nitrogens with one attached hydrogen (secondary N) is 1. The summed E-state index contributed by atoms with van der Waals surface area (Å²) in [7, 11) is 0.0136. The highest BCUT2D eigenvalue weighted by Gasteiger charge is 2.20. The molecule has 3 N–H and O–H groups in total. The van der Waals surface area contributed by atoms with Gasteiger partial charge in [0.05, 0.1) is 17.2 Å². The van der Waals surface area contributed by atoms with Crippen molar-refractivity contribution >= 4 is 15.7 Å². The highest BCUT2D eigenvalue weighted by atomic mass is 32.2. The van der Waals surface area contributed by atoms with Gasteiger partial charge in [0.15, 0.2) is 0 Å². The van der Waals surface area contributed by atoms with Crippen LogP contribution in [0.25, 0.3) is 0 Å². The largest absolute Gasteiger partial charge is 0.491 e. The molecule has 0 aliphatic carbocycles. The lowest BCUT2D eigenvalue weighted by atomic mass is 10.1. The molecule has 21 heavy (non-hydrogen) atoms. The Morgan fingerprint density at radius 2 is 2.24 bits per heavy atom. The highest BCUT2D eigenvalue weighted by Crippen LogP contribution is 2.26. The summed E-state index contributed by atoms with van der Waals surface area (Å²) in [5, 5.41) is 0. The van der Waals surface area contributed by atoms with Crippen LogP contribution in [0.15, 0.2) is 23.1 Å². The number of sulfonamides is 1. The van der Waals surface area contributed by atoms with Crippen LogP contribution in [-0.4, -0.2) is 46.6 Å². The minimum Gasteiger partial charge on any atom is -0.491 e. The summed E-state index contributed by atoms with van der Waals surface area (Å²) in [6.45, 7) is 1.66. The Bertz CT molecular complexity index is 589. The van der Waals surface area contributed by atoms with E-state index in [9.17, 15) is 8.42 Å². The lowest BCUT2D eigenvalue weighted by molar-refractivity contribution is 0.233. The molecule has 1 aromatic rings. The minimum absolute atomic E-state index is 0.159. The second-order valence-electron chi connectivity index (χ2n) is 5.32. The molecule has 1 atom stereocenters. The third kappa shape index (κ3) is 3.87. The number of rotatable bonds is 6. The van der Waals surface area contributed by atoms with Crippen LogP contribution in [-0.2, 0) is 10.0 Å². The number of nitrogen functional groups attached to an aromatic ring is 1. The summed E-state index contributed by atoms with van der Waals surface area (Å²) in [5.41, 5.74) is 6.29. The van der Waals surface area contributed by atoms with E-state index in [0.717, 1.165) is 13.0 Å². The monoisotopic (exact) mass is 313 g/mol. The molecule has 1 saturated heterocycles. The van der Waals surface area contributed by atoms with E-state index < -0.39 is 10.0 Å². The summed E-state index contributed by atoms with van der Waals surface area (Å²) in [5.74, 6) is 0.423. The predicted molar refractivity (Wildman–Crippen MR) is 82.9 cm³/mol. The van der Waals surface area contributed by atoms with Gasteiger partial charge in [0.2, 0.25) is 10.0 Å². The van der Waals surface area contributed by atoms with E-state index >= 15 is 0 Å². The molecule has 7 heteroatoms. The zero-order chi connectivity index (χ0) is 15.5. The van der Waals surface area contributed by atoms with Gasteiger partial charge in [0, 0.05) is 12.1 Å². The van der Waals surface area contributed by atoms with Gasteiger partial charge >= 0.3 is 0 Å². The zero-order valence-corrected chi connectivity index (χ0v) is 13.3. The molecule has 6 nitrogen and oxygen atoms in total. The van der Waals surface area contributed by atoms with Gasteiger partial charge < -0.3 is 15.4 Å². The smallest absolute Gasteiger partial charge is 0.240 e. The lowest BCUT2D eigenvalue weighted by Crippen LogP contribution is -2.26. The van der Waals surface area contributed by atoms with Gasteiger partial charge in [-0.25, -0.2) is 13.1 Å². The van der Waals surface area contributed by atoms with Gasteiger partial charge in [0.25, 0.3) is 0 Å². The maximum atomic E-state index is 11.8. The van der Waals surface area contributed by atoms with E-state index in [-0.39, 0.29) is 4.90 Å². The Labute approximate surface area is 126 Å². The summed E-state index contributed by atoms with van der Waals surface area (Å²) < 4.78 is 31.5. The van der Waals surface area contributed by atoms with Crippen LogP contribution in [0.5, 0.6) is 5.75 Å². The Morgan fingerprint density at radius 1 is 1.48 bits per heavy atom. The van der Waals surface area contributed by atoms with Crippen molar-refractivity contribution in [3.63, 3.8) is 0 Å². The third-order valence-corrected chi connectivity index (χ3v) is 5.36. The molecule has 0 aromatic heterocycles. The molecule has 1 unspecified atom stereocenters. The van der Waals surface area contributed by atoms with E-state index in [2.05, 4.69) is 16.7 Å². The quantitative estimate of drug-likeness (QED) is 0.767. The van der Waals surface area contributed by atoms with E-state index in [1.807, 2.05) is 0 Å². The molecule has 0 radical (unpaired) electrons. The van der Waals surface area contributed by atoms with E-state index in [1.165, 1.54) is 32.0 Å². The Morgan fingerprint density at radius 3 is 2.86 bits per heavy atom. The van der Waals surface area contributed by atoms with Crippen LogP contribution in [0.1, 0.15) is 19.3 Å². The molecule has 118 valence electrons. The number of hydrogen-bond donors (Lipinski definition) is 2. The molecular weight excluding hydrogens is 290 g/mol. The topological polar surface area (TPSA) is 84.7 Å². The minimum atomic E-state index is -3.48. The molecule has 0 amide bonds. The molecule has 0 saturated carbocycles. The SMILES string of the molecule is CNS(=O)(=O)c1ccc(N)c(OCCC2CCCN2C)c1. The summed E-state index contributed by atoms with van der Waals surface area (Å²) >= 11 is 0. The average molecular weight is 313 g/mol. The average Bonchev–Trinajstić information content (AvgIpc) is 2.86. The van der Waals surface area contributed by atoms with Crippen molar-refractivity contribution in [3.05, 3.63) is 18.2 Å². The maximum Gasteiger partial charge on any atom is 0.240 e. The van der Waals surface area contributed by atoms with Crippen LogP contribution in [0.3, 0.4) is 0 Å². The lowest BCUT2D eigenvalue weighted by Gasteiger charge is -2.19. The molecule has 1 aliphatic heterocycles. The van der Waals surface area contributed by atoms with Gasteiger partial charge in [0.1, 0.15) is 5.75 Å². The highest BCUT2D eigenvalue weighted by molar-refractivity contribution is 7.89. The van der Waals surface area contributed by atoms with Crippen LogP contribution in [0, 0.1) is 0 Å². The van der Waals surface area contributed by atoms with Crippen molar-refractivity contribution < 1.29 is 13.2 Å². The maximum absolute atomic E-state index is 11.8. The van der Waals surface area contributed by atoms with Crippen molar-refractivity contribution in [1.82, 2.24) is 9.62 Å². The Kier molecular flexibility index (Phi) is 5.08. The number of anilines is 1. The van der Waals surface area contributed by atoms with Crippen molar-refractivity contribution in [2.24, 2.45) is 0 Å². The molecule has 0 spiro atoms. The number of benzene rings is 1. The Balaban J connectivity index is 2.01. The van der Waals surface area contributed by atoms with Crippen LogP contribution in [0.4, 0.5) is 5.69 Å². The van der Waals surface area contributed by atoms with Crippen LogP contribution >= 0.6 is 0 Å². The van der Waals surface area contributed by atoms with E-state index in [1.54, 1.807) is 6.07 Å². The first kappa shape index (κ1) is 16.1. The van der Waals surface area contributed by atoms with Gasteiger partial charge in [-0.3, -0.25) is 0 Å². The first-order chi connectivity index (χ1) is 9.94. The number of ether oxygens (including phenoxy) is 1. The number of likely N-dealkylation sites (tertiary alicyclic amines) is 1. The van der Waals surface area contributed by atoms with Gasteiger partial charge in [-0.05, 0) is 52.0 Å². The number of nitrogens with zero attached hydrogens (tertiary/aromatic N) is 1. The molecule has 1 aliphatic rings. The predicted octanol–water partition coefficient (Wildman–Crippen LogP) is 1.04. The van der Waals surface area contributed by atoms with Gasteiger partial charge in [-0.2, -0.15) is 0 Å². The molecule has 1 fully saturated rings. The number of nitrogens with two attached hydrogens (primary N) is 1. The molecular formula is C14H23N3O3S. The van der Waals surface area contributed by atoms with Crippen molar-refractivity contribution in [2.75, 3.05) is 33.0 Å². The van der Waals surface area contributed by atoms with Gasteiger partial charge in [-0.15, -0.1) is 0 Å². The second-order valence-corrected chi connectivity index (χ2v) is 7.21. The van der Waals surface area contributed by atoms with Crippen molar-refractivity contribution in [2.45, 2.75) is 30.2 Å². The summed E-state index contributed by atoms with van der Waals surface area (Å²) in [6, 6.07) is 5.04. The fourth-order valence-corrected chi connectivity index (χ4v) is 3.32. The normalized spacial score (nSPS) is 19.8. The summed E-state index contributed by atoms with van der Waals surface area (Å²) in [6.07, 6.45) is 3.32. The van der Waals surface area contributed by atoms with Crippen molar-refractivity contribution in [3.8, 4) is 5.75 Å². The standard InChI is InChI=1S/C14H23N3O3S/c1-16-21(18,19)12-5-6-13(15)14(10-12)20-9-7-11-4-3-8-17(11)2/h5-6,10-11,16H,3-4,7-9,15H2,1-2H3. The van der Waals surface area contributed by atoms with Gasteiger partial charge in [-0.1, -0.05) is 0 Å². The Hall–Kier alpha value is -1.31. The third-order valence-electron chi connectivity index (χ3n) is 3.94. The first-order valence-electron chi connectivity index (χ1n) is 7.10. The molecule has 1 aromatic carbocycles. The zero-order valence-electron chi connectivity index (χ0n) is 12.5. The fraction of sp³-hybridized carbons (Fsp3) is 0.571. The molecule has 0 bridgehead atoms. The molecule has 1 heterocycles. The number of hydrogen-bond acceptors (Lipinski definition) is 5. The van der Waals surface area contributed by atoms with E-state index in [0.29, 0.717) is 24.1 Å². The van der Waals surface area contributed by atoms with Crippen molar-refractivity contribution in [1.29, 1.82) is 0 Å². The second kappa shape index (κ2) is 6.64. The fourth-order valence-electron chi connectivity index (χ4n) is 2.57. The summed E-state index contributed by atoms with van der Waals surface area (Å²) in [4.78, 5) is 2.49. The first-order valence-corrected chi connectivity index (χ1v) is 8.58. The van der Waals surface area contributed by atoms with Crippen LogP contribution in [0.2, 0.25) is 0 Å². The van der Waals surface area contributed by atoms with E-state index in [4.69, 9.17) is 10.5 Å². The molecule has 2 rings (SSSR count). The van der Waals surface area contributed by atoms with Crippen LogP contribution < -0.4 is 15.2 Å².